The Morgan fingerprint density at radius 3 is 2.67 bits per heavy atom. The molecule has 0 saturated carbocycles. The topological polar surface area (TPSA) is 92.4 Å². The van der Waals surface area contributed by atoms with Crippen LogP contribution in [0.4, 0.5) is 0 Å². The van der Waals surface area contributed by atoms with Crippen LogP contribution in [0.3, 0.4) is 0 Å². The molecule has 1 fully saturated rings. The molecule has 0 aliphatic carbocycles. The normalized spacial score (nSPS) is 22.6. The van der Waals surface area contributed by atoms with Gasteiger partial charge in [-0.3, -0.25) is 9.59 Å². The molecule has 15 heavy (non-hydrogen) atoms. The van der Waals surface area contributed by atoms with Crippen LogP contribution in [0.5, 0.6) is 0 Å². The Hall–Kier alpha value is -0.650. The molecule has 0 bridgehead atoms. The molecule has 5 nitrogen and oxygen atoms in total. The van der Waals surface area contributed by atoms with Gasteiger partial charge >= 0.3 is 5.97 Å². The zero-order valence-corrected chi connectivity index (χ0v) is 9.26. The number of nitrogens with two attached hydrogens (primary N) is 1. The lowest BCUT2D eigenvalue weighted by atomic mass is 9.91. The van der Waals surface area contributed by atoms with E-state index in [1.54, 1.807) is 0 Å². The maximum atomic E-state index is 11.5. The molecule has 6 heteroatoms. The summed E-state index contributed by atoms with van der Waals surface area (Å²) in [5, 5.41) is 11.6. The molecule has 0 amide bonds. The first-order valence-electron chi connectivity index (χ1n) is 4.83. The fourth-order valence-corrected chi connectivity index (χ4v) is 1.60. The minimum atomic E-state index is -1.11. The summed E-state index contributed by atoms with van der Waals surface area (Å²) in [6, 6.07) is -1.05. The van der Waals surface area contributed by atoms with Gasteiger partial charge in [-0.25, -0.2) is 0 Å². The number of piperidine rings is 1. The maximum absolute atomic E-state index is 11.5. The largest absolute Gasteiger partial charge is 0.480 e. The van der Waals surface area contributed by atoms with Crippen molar-refractivity contribution in [2.24, 2.45) is 11.7 Å². The van der Waals surface area contributed by atoms with Crippen LogP contribution in [-0.4, -0.2) is 36.0 Å². The summed E-state index contributed by atoms with van der Waals surface area (Å²) < 4.78 is 0. The number of carboxylic acids is 1. The van der Waals surface area contributed by atoms with E-state index in [0.29, 0.717) is 6.54 Å². The number of carbonyl (C=O) groups is 2. The van der Waals surface area contributed by atoms with Crippen molar-refractivity contribution < 1.29 is 14.7 Å². The van der Waals surface area contributed by atoms with Gasteiger partial charge in [0.05, 0.1) is 0 Å². The van der Waals surface area contributed by atoms with Crippen LogP contribution in [0.2, 0.25) is 0 Å². The number of aliphatic carboxylic acids is 1. The van der Waals surface area contributed by atoms with Gasteiger partial charge in [0, 0.05) is 18.9 Å². The number of ketones is 1. The van der Waals surface area contributed by atoms with Crippen LogP contribution in [0.1, 0.15) is 19.3 Å². The van der Waals surface area contributed by atoms with Crippen molar-refractivity contribution in [1.82, 2.24) is 5.32 Å². The van der Waals surface area contributed by atoms with Gasteiger partial charge in [0.2, 0.25) is 0 Å². The molecule has 0 aromatic carbocycles. The molecule has 1 heterocycles. The van der Waals surface area contributed by atoms with Gasteiger partial charge in [0.25, 0.3) is 0 Å². The van der Waals surface area contributed by atoms with Crippen molar-refractivity contribution in [1.29, 1.82) is 0 Å². The van der Waals surface area contributed by atoms with Crippen molar-refractivity contribution >= 4 is 24.2 Å². The molecule has 0 aromatic rings. The molecular formula is C9H17ClN2O3. The Morgan fingerprint density at radius 1 is 1.53 bits per heavy atom. The highest BCUT2D eigenvalue weighted by Crippen LogP contribution is 2.13. The molecule has 4 N–H and O–H groups in total. The van der Waals surface area contributed by atoms with Crippen LogP contribution < -0.4 is 11.1 Å². The number of carboxylic acid groups (broad SMARTS) is 1. The highest BCUT2D eigenvalue weighted by molar-refractivity contribution is 5.87. The van der Waals surface area contributed by atoms with E-state index >= 15 is 0 Å². The Labute approximate surface area is 94.8 Å². The molecule has 2 atom stereocenters. The van der Waals surface area contributed by atoms with Gasteiger partial charge in [0.15, 0.2) is 0 Å². The number of halogens is 1. The average molecular weight is 237 g/mol. The van der Waals surface area contributed by atoms with Gasteiger partial charge in [-0.05, 0) is 19.4 Å². The number of Topliss-reactive ketones (excluding diaryl/α,β-unsaturated/α-hetero) is 1. The van der Waals surface area contributed by atoms with Crippen LogP contribution >= 0.6 is 12.4 Å². The third-order valence-corrected chi connectivity index (χ3v) is 2.49. The van der Waals surface area contributed by atoms with Gasteiger partial charge in [0.1, 0.15) is 11.8 Å². The summed E-state index contributed by atoms with van der Waals surface area (Å²) in [6.07, 6.45) is 1.76. The molecule has 1 saturated heterocycles. The lowest BCUT2D eigenvalue weighted by molar-refractivity contribution is -0.140. The number of hydrogen-bond donors (Lipinski definition) is 3. The first-order valence-corrected chi connectivity index (χ1v) is 4.83. The standard InChI is InChI=1S/C9H16N2O3.ClH/c10-7(9(13)14)4-8(12)6-2-1-3-11-5-6;/h6-7,11H,1-5,10H2,(H,13,14);1H. The lowest BCUT2D eigenvalue weighted by Crippen LogP contribution is -2.39. The number of rotatable bonds is 4. The molecule has 1 aliphatic heterocycles. The monoisotopic (exact) mass is 236 g/mol. The van der Waals surface area contributed by atoms with Crippen molar-refractivity contribution in [2.45, 2.75) is 25.3 Å². The summed E-state index contributed by atoms with van der Waals surface area (Å²) in [4.78, 5) is 22.0. The Morgan fingerprint density at radius 2 is 2.20 bits per heavy atom. The predicted octanol–water partition coefficient (Wildman–Crippen LogP) is -0.221. The lowest BCUT2D eigenvalue weighted by Gasteiger charge is -2.22. The fourth-order valence-electron chi connectivity index (χ4n) is 1.60. The smallest absolute Gasteiger partial charge is 0.320 e. The first kappa shape index (κ1) is 14.3. The predicted molar refractivity (Wildman–Crippen MR) is 58.1 cm³/mol. The molecule has 0 aromatic heterocycles. The summed E-state index contributed by atoms with van der Waals surface area (Å²) in [7, 11) is 0. The molecule has 88 valence electrons. The van der Waals surface area contributed by atoms with Crippen LogP contribution in [0, 0.1) is 5.92 Å². The molecule has 0 radical (unpaired) electrons. The summed E-state index contributed by atoms with van der Waals surface area (Å²) in [5.41, 5.74) is 5.28. The first-order chi connectivity index (χ1) is 6.61. The average Bonchev–Trinajstić information content (AvgIpc) is 2.19. The number of hydrogen-bond acceptors (Lipinski definition) is 4. The summed E-state index contributed by atoms with van der Waals surface area (Å²) >= 11 is 0. The van der Waals surface area contributed by atoms with E-state index in [-0.39, 0.29) is 30.5 Å². The van der Waals surface area contributed by atoms with E-state index in [9.17, 15) is 9.59 Å². The second kappa shape index (κ2) is 6.76. The van der Waals surface area contributed by atoms with Crippen molar-refractivity contribution in [3.63, 3.8) is 0 Å². The van der Waals surface area contributed by atoms with Crippen LogP contribution in [0.25, 0.3) is 0 Å². The van der Waals surface area contributed by atoms with Crippen molar-refractivity contribution in [2.75, 3.05) is 13.1 Å². The molecular weight excluding hydrogens is 220 g/mol. The van der Waals surface area contributed by atoms with Gasteiger partial charge < -0.3 is 16.2 Å². The van der Waals surface area contributed by atoms with Gasteiger partial charge in [-0.2, -0.15) is 0 Å². The van der Waals surface area contributed by atoms with Crippen molar-refractivity contribution in [3.05, 3.63) is 0 Å². The highest BCUT2D eigenvalue weighted by Gasteiger charge is 2.24. The second-order valence-electron chi connectivity index (χ2n) is 3.66. The van der Waals surface area contributed by atoms with E-state index < -0.39 is 12.0 Å². The molecule has 1 rings (SSSR count). The number of nitrogens with one attached hydrogen (secondary N) is 1. The van der Waals surface area contributed by atoms with Gasteiger partial charge in [-0.1, -0.05) is 0 Å². The van der Waals surface area contributed by atoms with Gasteiger partial charge in [-0.15, -0.1) is 12.4 Å². The minimum Gasteiger partial charge on any atom is -0.480 e. The Balaban J connectivity index is 0.00000196. The second-order valence-corrected chi connectivity index (χ2v) is 3.66. The van der Waals surface area contributed by atoms with Crippen molar-refractivity contribution in [3.8, 4) is 0 Å². The minimum absolute atomic E-state index is 0. The summed E-state index contributed by atoms with van der Waals surface area (Å²) in [6.45, 7) is 1.60. The zero-order chi connectivity index (χ0) is 10.6. The van der Waals surface area contributed by atoms with E-state index in [0.717, 1.165) is 19.4 Å². The maximum Gasteiger partial charge on any atom is 0.320 e. The van der Waals surface area contributed by atoms with E-state index in [1.807, 2.05) is 0 Å². The number of carbonyl (C=O) groups excluding carboxylic acids is 1. The third kappa shape index (κ3) is 4.59. The van der Waals surface area contributed by atoms with E-state index in [1.165, 1.54) is 0 Å². The van der Waals surface area contributed by atoms with E-state index in [4.69, 9.17) is 10.8 Å². The Kier molecular flexibility index (Phi) is 6.47. The fraction of sp³-hybridized carbons (Fsp3) is 0.778. The Bertz CT molecular complexity index is 229. The highest BCUT2D eigenvalue weighted by atomic mass is 35.5. The molecule has 1 aliphatic rings. The molecule has 2 unspecified atom stereocenters. The quantitative estimate of drug-likeness (QED) is 0.628. The van der Waals surface area contributed by atoms with E-state index in [2.05, 4.69) is 5.32 Å². The van der Waals surface area contributed by atoms with Crippen LogP contribution in [0.15, 0.2) is 0 Å². The SMILES string of the molecule is Cl.NC(CC(=O)C1CCCNC1)C(=O)O. The molecule has 0 spiro atoms. The summed E-state index contributed by atoms with van der Waals surface area (Å²) in [5.74, 6) is -1.19. The third-order valence-electron chi connectivity index (χ3n) is 2.49. The van der Waals surface area contributed by atoms with Crippen LogP contribution in [-0.2, 0) is 9.59 Å². The zero-order valence-electron chi connectivity index (χ0n) is 8.44.